The van der Waals surface area contributed by atoms with Crippen LogP contribution in [-0.2, 0) is 9.59 Å². The van der Waals surface area contributed by atoms with Crippen molar-refractivity contribution in [3.63, 3.8) is 0 Å². The number of aliphatic carboxylic acids is 1. The van der Waals surface area contributed by atoms with Gasteiger partial charge in [-0.05, 0) is 24.3 Å². The highest BCUT2D eigenvalue weighted by atomic mass is 19.4. The summed E-state index contributed by atoms with van der Waals surface area (Å²) in [5.41, 5.74) is 0.880. The Hall–Kier alpha value is -2.29. The van der Waals surface area contributed by atoms with Crippen LogP contribution in [0.15, 0.2) is 24.3 Å². The first kappa shape index (κ1) is 17.1. The average Bonchev–Trinajstić information content (AvgIpc) is 2.47. The van der Waals surface area contributed by atoms with Crippen LogP contribution in [0.2, 0.25) is 0 Å². The van der Waals surface area contributed by atoms with Crippen LogP contribution in [0.5, 0.6) is 0 Å². The van der Waals surface area contributed by atoms with Crippen LogP contribution < -0.4 is 10.2 Å². The first-order valence-electron chi connectivity index (χ1n) is 6.93. The third-order valence-corrected chi connectivity index (χ3v) is 3.48. The number of rotatable bonds is 4. The number of hydrogen-bond donors (Lipinski definition) is 2. The molecular weight excluding hydrogens is 315 g/mol. The molecule has 1 fully saturated rings. The molecular formula is C14H16F3N3O3. The fraction of sp³-hybridized carbons (Fsp3) is 0.429. The Bertz CT molecular complexity index is 567. The van der Waals surface area contributed by atoms with E-state index >= 15 is 0 Å². The molecule has 0 spiro atoms. The molecule has 0 unspecified atom stereocenters. The van der Waals surface area contributed by atoms with Gasteiger partial charge >= 0.3 is 18.1 Å². The van der Waals surface area contributed by atoms with Gasteiger partial charge < -0.3 is 15.3 Å². The van der Waals surface area contributed by atoms with Crippen molar-refractivity contribution in [2.75, 3.05) is 42.9 Å². The molecule has 23 heavy (non-hydrogen) atoms. The minimum absolute atomic E-state index is 0.00372. The van der Waals surface area contributed by atoms with E-state index in [0.717, 1.165) is 5.69 Å². The van der Waals surface area contributed by atoms with Gasteiger partial charge in [0, 0.05) is 37.6 Å². The van der Waals surface area contributed by atoms with Gasteiger partial charge in [-0.1, -0.05) is 0 Å². The summed E-state index contributed by atoms with van der Waals surface area (Å²) >= 11 is 0. The van der Waals surface area contributed by atoms with E-state index in [4.69, 9.17) is 5.11 Å². The standard InChI is InChI=1S/C14H16F3N3O3/c15-14(16,17)13(23)18-10-1-3-11(4-2-10)20-7-5-19(6-8-20)9-12(21)22/h1-4H,5-9H2,(H,18,23)(H,21,22). The van der Waals surface area contributed by atoms with Gasteiger partial charge in [-0.15, -0.1) is 0 Å². The Morgan fingerprint density at radius 2 is 1.65 bits per heavy atom. The van der Waals surface area contributed by atoms with Crippen LogP contribution >= 0.6 is 0 Å². The van der Waals surface area contributed by atoms with Gasteiger partial charge in [0.1, 0.15) is 0 Å². The van der Waals surface area contributed by atoms with E-state index in [0.29, 0.717) is 26.2 Å². The summed E-state index contributed by atoms with van der Waals surface area (Å²) in [5.74, 6) is -2.88. The molecule has 0 aliphatic carbocycles. The molecule has 1 aromatic rings. The van der Waals surface area contributed by atoms with Crippen molar-refractivity contribution < 1.29 is 27.9 Å². The molecule has 6 nitrogen and oxygen atoms in total. The van der Waals surface area contributed by atoms with Crippen molar-refractivity contribution >= 4 is 23.3 Å². The predicted octanol–water partition coefficient (Wildman–Crippen LogP) is 1.39. The fourth-order valence-electron chi connectivity index (χ4n) is 2.31. The van der Waals surface area contributed by atoms with Crippen molar-refractivity contribution in [1.82, 2.24) is 4.90 Å². The lowest BCUT2D eigenvalue weighted by Crippen LogP contribution is -2.47. The maximum Gasteiger partial charge on any atom is 0.471 e. The van der Waals surface area contributed by atoms with Crippen LogP contribution in [0.4, 0.5) is 24.5 Å². The number of piperazine rings is 1. The molecule has 0 atom stereocenters. The number of carbonyl (C=O) groups is 2. The molecule has 2 rings (SSSR count). The lowest BCUT2D eigenvalue weighted by Gasteiger charge is -2.35. The summed E-state index contributed by atoms with van der Waals surface area (Å²) < 4.78 is 36.5. The fourth-order valence-corrected chi connectivity index (χ4v) is 2.31. The Labute approximate surface area is 130 Å². The van der Waals surface area contributed by atoms with E-state index < -0.39 is 18.1 Å². The Morgan fingerprint density at radius 1 is 1.09 bits per heavy atom. The summed E-state index contributed by atoms with van der Waals surface area (Å²) in [7, 11) is 0. The molecule has 126 valence electrons. The summed E-state index contributed by atoms with van der Waals surface area (Å²) in [5, 5.41) is 10.5. The zero-order valence-corrected chi connectivity index (χ0v) is 12.1. The number of halogens is 3. The Balaban J connectivity index is 1.91. The number of hydrogen-bond acceptors (Lipinski definition) is 4. The quantitative estimate of drug-likeness (QED) is 0.872. The second kappa shape index (κ2) is 6.86. The zero-order chi connectivity index (χ0) is 17.0. The minimum atomic E-state index is -4.92. The molecule has 1 aromatic carbocycles. The van der Waals surface area contributed by atoms with Crippen molar-refractivity contribution in [1.29, 1.82) is 0 Å². The molecule has 1 heterocycles. The van der Waals surface area contributed by atoms with E-state index in [1.54, 1.807) is 17.4 Å². The van der Waals surface area contributed by atoms with Crippen LogP contribution in [0, 0.1) is 0 Å². The van der Waals surface area contributed by atoms with Crippen molar-refractivity contribution in [3.05, 3.63) is 24.3 Å². The van der Waals surface area contributed by atoms with Crippen LogP contribution in [0.3, 0.4) is 0 Å². The van der Waals surface area contributed by atoms with Crippen LogP contribution in [-0.4, -0.2) is 60.8 Å². The number of amides is 1. The molecule has 0 radical (unpaired) electrons. The van der Waals surface area contributed by atoms with E-state index in [1.807, 2.05) is 9.80 Å². The molecule has 1 saturated heterocycles. The molecule has 9 heteroatoms. The van der Waals surface area contributed by atoms with Crippen LogP contribution in [0.1, 0.15) is 0 Å². The number of nitrogens with one attached hydrogen (secondary N) is 1. The second-order valence-corrected chi connectivity index (χ2v) is 5.16. The van der Waals surface area contributed by atoms with E-state index in [-0.39, 0.29) is 12.2 Å². The molecule has 0 aromatic heterocycles. The zero-order valence-electron chi connectivity index (χ0n) is 12.1. The summed E-state index contributed by atoms with van der Waals surface area (Å²) in [4.78, 5) is 25.3. The SMILES string of the molecule is O=C(O)CN1CCN(c2ccc(NC(=O)C(F)(F)F)cc2)CC1. The lowest BCUT2D eigenvalue weighted by atomic mass is 10.2. The molecule has 1 amide bonds. The predicted molar refractivity (Wildman–Crippen MR) is 77.4 cm³/mol. The van der Waals surface area contributed by atoms with Crippen molar-refractivity contribution in [3.8, 4) is 0 Å². The smallest absolute Gasteiger partial charge is 0.471 e. The van der Waals surface area contributed by atoms with Gasteiger partial charge in [-0.2, -0.15) is 13.2 Å². The monoisotopic (exact) mass is 331 g/mol. The third-order valence-electron chi connectivity index (χ3n) is 3.48. The highest BCUT2D eigenvalue weighted by Crippen LogP contribution is 2.22. The Kier molecular flexibility index (Phi) is 5.09. The van der Waals surface area contributed by atoms with E-state index in [9.17, 15) is 22.8 Å². The maximum atomic E-state index is 12.2. The highest BCUT2D eigenvalue weighted by Gasteiger charge is 2.38. The molecule has 1 aliphatic rings. The van der Waals surface area contributed by atoms with Crippen LogP contribution in [0.25, 0.3) is 0 Å². The van der Waals surface area contributed by atoms with Gasteiger partial charge in [-0.25, -0.2) is 0 Å². The molecule has 0 saturated carbocycles. The lowest BCUT2D eigenvalue weighted by molar-refractivity contribution is -0.167. The molecule has 2 N–H and O–H groups in total. The topological polar surface area (TPSA) is 72.9 Å². The number of anilines is 2. The number of alkyl halides is 3. The van der Waals surface area contributed by atoms with Crippen molar-refractivity contribution in [2.24, 2.45) is 0 Å². The minimum Gasteiger partial charge on any atom is -0.480 e. The summed E-state index contributed by atoms with van der Waals surface area (Å²) in [6.07, 6.45) is -4.92. The normalized spacial score (nSPS) is 16.2. The van der Waals surface area contributed by atoms with Gasteiger partial charge in [0.25, 0.3) is 0 Å². The summed E-state index contributed by atoms with van der Waals surface area (Å²) in [6, 6.07) is 6.06. The van der Waals surface area contributed by atoms with E-state index in [1.165, 1.54) is 12.1 Å². The van der Waals surface area contributed by atoms with Gasteiger partial charge in [0.05, 0.1) is 6.54 Å². The molecule has 0 bridgehead atoms. The van der Waals surface area contributed by atoms with Gasteiger partial charge in [0.2, 0.25) is 0 Å². The first-order valence-corrected chi connectivity index (χ1v) is 6.93. The highest BCUT2D eigenvalue weighted by molar-refractivity contribution is 5.95. The maximum absolute atomic E-state index is 12.2. The number of nitrogens with zero attached hydrogens (tertiary/aromatic N) is 2. The number of carboxylic acids is 1. The second-order valence-electron chi connectivity index (χ2n) is 5.16. The summed E-state index contributed by atoms with van der Waals surface area (Å²) in [6.45, 7) is 2.44. The number of carbonyl (C=O) groups excluding carboxylic acids is 1. The Morgan fingerprint density at radius 3 is 2.13 bits per heavy atom. The number of carboxylic acid groups (broad SMARTS) is 1. The molecule has 1 aliphatic heterocycles. The van der Waals surface area contributed by atoms with Crippen molar-refractivity contribution in [2.45, 2.75) is 6.18 Å². The number of benzene rings is 1. The van der Waals surface area contributed by atoms with Gasteiger partial charge in [0.15, 0.2) is 0 Å². The van der Waals surface area contributed by atoms with Gasteiger partial charge in [-0.3, -0.25) is 14.5 Å². The van der Waals surface area contributed by atoms with E-state index in [2.05, 4.69) is 0 Å². The largest absolute Gasteiger partial charge is 0.480 e. The third kappa shape index (κ3) is 4.85. The average molecular weight is 331 g/mol. The first-order chi connectivity index (χ1) is 10.8.